The molecule has 2 aromatic rings. The van der Waals surface area contributed by atoms with Gasteiger partial charge in [-0.3, -0.25) is 9.59 Å². The lowest BCUT2D eigenvalue weighted by Crippen LogP contribution is -2.44. The van der Waals surface area contributed by atoms with Gasteiger partial charge in [0.15, 0.2) is 11.5 Å². The zero-order valence-corrected chi connectivity index (χ0v) is 19.3. The molecule has 2 aliphatic heterocycles. The van der Waals surface area contributed by atoms with Crippen LogP contribution in [0.2, 0.25) is 0 Å². The van der Waals surface area contributed by atoms with Crippen molar-refractivity contribution in [1.29, 1.82) is 0 Å². The van der Waals surface area contributed by atoms with Crippen molar-refractivity contribution in [2.75, 3.05) is 32.8 Å². The predicted molar refractivity (Wildman–Crippen MR) is 121 cm³/mol. The zero-order valence-electron chi connectivity index (χ0n) is 17.7. The summed E-state index contributed by atoms with van der Waals surface area (Å²) in [6.45, 7) is 5.39. The van der Waals surface area contributed by atoms with E-state index in [0.717, 1.165) is 21.5 Å². The maximum Gasteiger partial charge on any atom is 0.253 e. The monoisotopic (exact) mass is 486 g/mol. The van der Waals surface area contributed by atoms with Gasteiger partial charge in [0.1, 0.15) is 13.2 Å². The van der Waals surface area contributed by atoms with Crippen LogP contribution in [0.3, 0.4) is 0 Å². The maximum absolute atomic E-state index is 13.2. The Morgan fingerprint density at radius 3 is 2.48 bits per heavy atom. The van der Waals surface area contributed by atoms with Crippen molar-refractivity contribution in [3.05, 3.63) is 58.1 Å². The molecule has 4 rings (SSSR count). The van der Waals surface area contributed by atoms with Crippen molar-refractivity contribution in [1.82, 2.24) is 9.80 Å². The minimum absolute atomic E-state index is 0.0267. The van der Waals surface area contributed by atoms with Gasteiger partial charge in [0.2, 0.25) is 5.91 Å². The summed E-state index contributed by atoms with van der Waals surface area (Å²) in [5, 5.41) is 0. The molecule has 1 saturated heterocycles. The van der Waals surface area contributed by atoms with Crippen LogP contribution in [0.25, 0.3) is 0 Å². The van der Waals surface area contributed by atoms with Crippen LogP contribution in [0.1, 0.15) is 35.7 Å². The molecule has 0 N–H and O–H groups in total. The third kappa shape index (κ3) is 4.87. The molecule has 2 amide bonds. The number of hydrogen-bond acceptors (Lipinski definition) is 4. The average molecular weight is 487 g/mol. The first-order valence-electron chi connectivity index (χ1n) is 10.8. The van der Waals surface area contributed by atoms with Crippen molar-refractivity contribution in [2.24, 2.45) is 5.92 Å². The standard InChI is InChI=1S/C24H27BrN2O4/c1-2-26(16-19-4-3-5-21-22(19)31-15-14-30-21)23(28)18-10-12-27(13-11-18)24(29)17-6-8-20(25)9-7-17/h3-9,18H,2,10-16H2,1H3. The number of ether oxygens (including phenoxy) is 2. The largest absolute Gasteiger partial charge is 0.486 e. The highest BCUT2D eigenvalue weighted by Crippen LogP contribution is 2.34. The summed E-state index contributed by atoms with van der Waals surface area (Å²) in [6.07, 6.45) is 1.37. The number of carbonyl (C=O) groups is 2. The molecule has 0 saturated carbocycles. The first-order valence-corrected chi connectivity index (χ1v) is 11.6. The normalized spacial score (nSPS) is 16.1. The quantitative estimate of drug-likeness (QED) is 0.637. The topological polar surface area (TPSA) is 59.1 Å². The van der Waals surface area contributed by atoms with E-state index < -0.39 is 0 Å². The van der Waals surface area contributed by atoms with Crippen LogP contribution in [0, 0.1) is 5.92 Å². The number of rotatable bonds is 5. The molecule has 0 aliphatic carbocycles. The van der Waals surface area contributed by atoms with E-state index in [-0.39, 0.29) is 17.7 Å². The molecule has 0 spiro atoms. The number of piperidine rings is 1. The SMILES string of the molecule is CCN(Cc1cccc2c1OCCO2)C(=O)C1CCN(C(=O)c2ccc(Br)cc2)CC1. The summed E-state index contributed by atoms with van der Waals surface area (Å²) >= 11 is 3.40. The Morgan fingerprint density at radius 1 is 1.06 bits per heavy atom. The lowest BCUT2D eigenvalue weighted by Gasteiger charge is -2.34. The summed E-state index contributed by atoms with van der Waals surface area (Å²) in [6, 6.07) is 13.2. The number of amides is 2. The van der Waals surface area contributed by atoms with Gasteiger partial charge in [-0.1, -0.05) is 28.1 Å². The van der Waals surface area contributed by atoms with Crippen LogP contribution in [0.4, 0.5) is 0 Å². The molecule has 0 unspecified atom stereocenters. The van der Waals surface area contributed by atoms with Gasteiger partial charge in [0.05, 0.1) is 0 Å². The number of fused-ring (bicyclic) bond motifs is 1. The van der Waals surface area contributed by atoms with Gasteiger partial charge >= 0.3 is 0 Å². The minimum atomic E-state index is -0.0642. The van der Waals surface area contributed by atoms with Gasteiger partial charge in [-0.2, -0.15) is 0 Å². The van der Waals surface area contributed by atoms with Crippen molar-refractivity contribution in [2.45, 2.75) is 26.3 Å². The Kier molecular flexibility index (Phi) is 6.80. The van der Waals surface area contributed by atoms with Crippen molar-refractivity contribution < 1.29 is 19.1 Å². The fraction of sp³-hybridized carbons (Fsp3) is 0.417. The molecule has 2 heterocycles. The van der Waals surface area contributed by atoms with Gasteiger partial charge in [0, 0.05) is 47.7 Å². The second-order valence-electron chi connectivity index (χ2n) is 7.87. The molecule has 2 aliphatic rings. The minimum Gasteiger partial charge on any atom is -0.486 e. The van der Waals surface area contributed by atoms with Crippen molar-refractivity contribution in [3.63, 3.8) is 0 Å². The highest BCUT2D eigenvalue weighted by Gasteiger charge is 2.31. The number of benzene rings is 2. The molecular weight excluding hydrogens is 460 g/mol. The maximum atomic E-state index is 13.2. The molecule has 31 heavy (non-hydrogen) atoms. The van der Waals surface area contributed by atoms with E-state index >= 15 is 0 Å². The number of para-hydroxylation sites is 1. The van der Waals surface area contributed by atoms with Gasteiger partial charge in [-0.05, 0) is 50.1 Å². The fourth-order valence-electron chi connectivity index (χ4n) is 4.17. The van der Waals surface area contributed by atoms with Gasteiger partial charge in [-0.25, -0.2) is 0 Å². The van der Waals surface area contributed by atoms with Crippen molar-refractivity contribution >= 4 is 27.7 Å². The first kappa shape index (κ1) is 21.7. The number of nitrogens with zero attached hydrogens (tertiary/aromatic N) is 2. The van der Waals surface area contributed by atoms with Crippen LogP contribution < -0.4 is 9.47 Å². The summed E-state index contributed by atoms with van der Waals surface area (Å²) < 4.78 is 12.4. The van der Waals surface area contributed by atoms with E-state index in [1.807, 2.05) is 59.2 Å². The van der Waals surface area contributed by atoms with Crippen LogP contribution in [0.15, 0.2) is 46.9 Å². The molecule has 0 aromatic heterocycles. The van der Waals surface area contributed by atoms with E-state index in [1.54, 1.807) is 0 Å². The number of halogens is 1. The molecule has 0 atom stereocenters. The Hall–Kier alpha value is -2.54. The summed E-state index contributed by atoms with van der Waals surface area (Å²) in [5.74, 6) is 1.60. The molecule has 1 fully saturated rings. The highest BCUT2D eigenvalue weighted by molar-refractivity contribution is 9.10. The smallest absolute Gasteiger partial charge is 0.253 e. The molecule has 164 valence electrons. The summed E-state index contributed by atoms with van der Waals surface area (Å²) in [4.78, 5) is 29.7. The van der Waals surface area contributed by atoms with Crippen LogP contribution in [0.5, 0.6) is 11.5 Å². The van der Waals surface area contributed by atoms with E-state index in [2.05, 4.69) is 15.9 Å². The van der Waals surface area contributed by atoms with E-state index in [1.165, 1.54) is 0 Å². The first-order chi connectivity index (χ1) is 15.1. The molecule has 0 radical (unpaired) electrons. The number of carbonyl (C=O) groups excluding carboxylic acids is 2. The van der Waals surface area contributed by atoms with Crippen LogP contribution in [-0.2, 0) is 11.3 Å². The van der Waals surface area contributed by atoms with Crippen LogP contribution >= 0.6 is 15.9 Å². The lowest BCUT2D eigenvalue weighted by atomic mass is 9.94. The Bertz CT molecular complexity index is 939. The fourth-order valence-corrected chi connectivity index (χ4v) is 4.44. The zero-order chi connectivity index (χ0) is 21.8. The van der Waals surface area contributed by atoms with E-state index in [0.29, 0.717) is 57.8 Å². The third-order valence-electron chi connectivity index (χ3n) is 5.92. The second kappa shape index (κ2) is 9.73. The summed E-state index contributed by atoms with van der Waals surface area (Å²) in [7, 11) is 0. The van der Waals surface area contributed by atoms with Gasteiger partial charge in [0.25, 0.3) is 5.91 Å². The van der Waals surface area contributed by atoms with Crippen LogP contribution in [-0.4, -0.2) is 54.5 Å². The predicted octanol–water partition coefficient (Wildman–Crippen LogP) is 4.12. The molecule has 6 nitrogen and oxygen atoms in total. The average Bonchev–Trinajstić information content (AvgIpc) is 2.82. The van der Waals surface area contributed by atoms with Crippen molar-refractivity contribution in [3.8, 4) is 11.5 Å². The Balaban J connectivity index is 1.37. The van der Waals surface area contributed by atoms with E-state index in [4.69, 9.17) is 9.47 Å². The molecular formula is C24H27BrN2O4. The lowest BCUT2D eigenvalue weighted by molar-refractivity contribution is -0.137. The Morgan fingerprint density at radius 2 is 1.77 bits per heavy atom. The molecule has 2 aromatic carbocycles. The van der Waals surface area contributed by atoms with E-state index in [9.17, 15) is 9.59 Å². The Labute approximate surface area is 191 Å². The molecule has 0 bridgehead atoms. The third-order valence-corrected chi connectivity index (χ3v) is 6.45. The molecule has 7 heteroatoms. The number of likely N-dealkylation sites (tertiary alicyclic amines) is 1. The van der Waals surface area contributed by atoms with Gasteiger partial charge < -0.3 is 19.3 Å². The number of hydrogen-bond donors (Lipinski definition) is 0. The highest BCUT2D eigenvalue weighted by atomic mass is 79.9. The van der Waals surface area contributed by atoms with Gasteiger partial charge in [-0.15, -0.1) is 0 Å². The second-order valence-corrected chi connectivity index (χ2v) is 8.78. The summed E-state index contributed by atoms with van der Waals surface area (Å²) in [5.41, 5.74) is 1.65.